The van der Waals surface area contributed by atoms with E-state index in [1.807, 2.05) is 43.1 Å². The zero-order valence-electron chi connectivity index (χ0n) is 17.5. The molecule has 0 spiro atoms. The zero-order chi connectivity index (χ0) is 20.8. The van der Waals surface area contributed by atoms with Crippen LogP contribution in [-0.4, -0.2) is 53.2 Å². The summed E-state index contributed by atoms with van der Waals surface area (Å²) < 4.78 is 7.14. The first kappa shape index (κ1) is 20.9. The molecule has 1 aromatic heterocycles. The third-order valence-corrected chi connectivity index (χ3v) is 5.42. The molecule has 0 atom stereocenters. The van der Waals surface area contributed by atoms with E-state index in [1.165, 1.54) is 0 Å². The van der Waals surface area contributed by atoms with Crippen LogP contribution < -0.4 is 10.1 Å². The third kappa shape index (κ3) is 5.37. The Hall–Kier alpha value is -2.83. The average Bonchev–Trinajstić information content (AvgIpc) is 3.09. The minimum atomic E-state index is -0.101. The fraction of sp³-hybridized carbons (Fsp3) is 0.500. The van der Waals surface area contributed by atoms with E-state index in [-0.39, 0.29) is 11.8 Å². The van der Waals surface area contributed by atoms with Gasteiger partial charge in [0, 0.05) is 33.4 Å². The maximum atomic E-state index is 12.7. The van der Waals surface area contributed by atoms with Crippen molar-refractivity contribution in [1.29, 1.82) is 0 Å². The van der Waals surface area contributed by atoms with Gasteiger partial charge in [0.1, 0.15) is 5.75 Å². The molecule has 156 valence electrons. The lowest BCUT2D eigenvalue weighted by Gasteiger charge is -2.32. The van der Waals surface area contributed by atoms with E-state index in [0.29, 0.717) is 24.5 Å². The van der Waals surface area contributed by atoms with Gasteiger partial charge in [-0.1, -0.05) is 12.1 Å². The molecule has 29 heavy (non-hydrogen) atoms. The van der Waals surface area contributed by atoms with Gasteiger partial charge in [-0.2, -0.15) is 5.10 Å². The number of amides is 2. The smallest absolute Gasteiger partial charge is 0.254 e. The first-order valence-electron chi connectivity index (χ1n) is 10.2. The molecule has 0 unspecified atom stereocenters. The van der Waals surface area contributed by atoms with Crippen LogP contribution in [0.25, 0.3) is 0 Å². The number of nitrogens with one attached hydrogen (secondary N) is 1. The highest BCUT2D eigenvalue weighted by molar-refractivity contribution is 5.94. The lowest BCUT2D eigenvalue weighted by molar-refractivity contribution is -0.131. The quantitative estimate of drug-likeness (QED) is 0.776. The Morgan fingerprint density at radius 2 is 1.90 bits per heavy atom. The molecule has 1 N–H and O–H groups in total. The summed E-state index contributed by atoms with van der Waals surface area (Å²) in [5.41, 5.74) is 2.49. The van der Waals surface area contributed by atoms with Crippen LogP contribution >= 0.6 is 0 Å². The van der Waals surface area contributed by atoms with Crippen molar-refractivity contribution in [3.63, 3.8) is 0 Å². The summed E-state index contributed by atoms with van der Waals surface area (Å²) in [5.74, 6) is 1.32. The Kier molecular flexibility index (Phi) is 6.90. The van der Waals surface area contributed by atoms with E-state index in [4.69, 9.17) is 4.74 Å². The molecule has 2 amide bonds. The predicted octanol–water partition coefficient (Wildman–Crippen LogP) is 2.20. The van der Waals surface area contributed by atoms with Crippen molar-refractivity contribution in [2.75, 3.05) is 26.7 Å². The van der Waals surface area contributed by atoms with Gasteiger partial charge in [-0.25, -0.2) is 0 Å². The van der Waals surface area contributed by atoms with E-state index >= 15 is 0 Å². The van der Waals surface area contributed by atoms with Crippen LogP contribution in [-0.2, 0) is 24.7 Å². The highest BCUT2D eigenvalue weighted by Crippen LogP contribution is 2.23. The SMILES string of the molecule is CCOc1ccc(CC(=O)N2CCC(Cc3nn(C)cc3C(=O)NC)CC2)cc1. The Balaban J connectivity index is 1.51. The molecule has 0 bridgehead atoms. The van der Waals surface area contributed by atoms with Crippen molar-refractivity contribution in [3.8, 4) is 5.75 Å². The molecule has 2 heterocycles. The molecule has 0 saturated carbocycles. The molecular weight excluding hydrogens is 368 g/mol. The number of carbonyl (C=O) groups is 2. The van der Waals surface area contributed by atoms with E-state index in [1.54, 1.807) is 17.9 Å². The van der Waals surface area contributed by atoms with E-state index in [0.717, 1.165) is 49.4 Å². The van der Waals surface area contributed by atoms with Gasteiger partial charge in [0.15, 0.2) is 0 Å². The van der Waals surface area contributed by atoms with Crippen molar-refractivity contribution in [2.45, 2.75) is 32.6 Å². The largest absolute Gasteiger partial charge is 0.494 e. The summed E-state index contributed by atoms with van der Waals surface area (Å²) in [6.45, 7) is 4.09. The van der Waals surface area contributed by atoms with Gasteiger partial charge in [-0.3, -0.25) is 14.3 Å². The number of ether oxygens (including phenoxy) is 1. The fourth-order valence-corrected chi connectivity index (χ4v) is 3.83. The first-order chi connectivity index (χ1) is 14.0. The molecule has 3 rings (SSSR count). The van der Waals surface area contributed by atoms with Crippen LogP contribution in [0.15, 0.2) is 30.5 Å². The zero-order valence-corrected chi connectivity index (χ0v) is 17.5. The van der Waals surface area contributed by atoms with Gasteiger partial charge in [0.25, 0.3) is 5.91 Å². The topological polar surface area (TPSA) is 76.5 Å². The summed E-state index contributed by atoms with van der Waals surface area (Å²) in [6, 6.07) is 7.73. The van der Waals surface area contributed by atoms with Crippen LogP contribution in [0.2, 0.25) is 0 Å². The fourth-order valence-electron chi connectivity index (χ4n) is 3.83. The van der Waals surface area contributed by atoms with Gasteiger partial charge >= 0.3 is 0 Å². The molecule has 1 aliphatic rings. The second kappa shape index (κ2) is 9.58. The van der Waals surface area contributed by atoms with Crippen molar-refractivity contribution in [2.24, 2.45) is 13.0 Å². The van der Waals surface area contributed by atoms with Gasteiger partial charge < -0.3 is 15.0 Å². The minimum Gasteiger partial charge on any atom is -0.494 e. The summed E-state index contributed by atoms with van der Waals surface area (Å²) in [5, 5.41) is 7.14. The molecule has 2 aromatic rings. The number of hydrogen-bond acceptors (Lipinski definition) is 4. The number of aromatic nitrogens is 2. The molecule has 0 radical (unpaired) electrons. The van der Waals surface area contributed by atoms with Gasteiger partial charge in [0.2, 0.25) is 5.91 Å². The first-order valence-corrected chi connectivity index (χ1v) is 10.2. The van der Waals surface area contributed by atoms with Gasteiger partial charge in [-0.15, -0.1) is 0 Å². The number of likely N-dealkylation sites (tertiary alicyclic amines) is 1. The number of piperidine rings is 1. The van der Waals surface area contributed by atoms with Crippen LogP contribution in [0, 0.1) is 5.92 Å². The van der Waals surface area contributed by atoms with Crippen LogP contribution in [0.4, 0.5) is 0 Å². The Morgan fingerprint density at radius 1 is 1.21 bits per heavy atom. The molecule has 7 heteroatoms. The summed E-state index contributed by atoms with van der Waals surface area (Å²) in [4.78, 5) is 26.6. The standard InChI is InChI=1S/C22H30N4O3/c1-4-29-18-7-5-16(6-8-18)14-21(27)26-11-9-17(10-12-26)13-20-19(22(28)23-2)15-25(3)24-20/h5-8,15,17H,4,9-14H2,1-3H3,(H,23,28). The molecule has 1 aliphatic heterocycles. The maximum absolute atomic E-state index is 12.7. The van der Waals surface area contributed by atoms with Crippen LogP contribution in [0.3, 0.4) is 0 Å². The Bertz CT molecular complexity index is 836. The van der Waals surface area contributed by atoms with E-state index in [9.17, 15) is 9.59 Å². The third-order valence-electron chi connectivity index (χ3n) is 5.42. The number of rotatable bonds is 7. The lowest BCUT2D eigenvalue weighted by atomic mass is 9.91. The van der Waals surface area contributed by atoms with Gasteiger partial charge in [-0.05, 0) is 49.8 Å². The predicted molar refractivity (Wildman–Crippen MR) is 111 cm³/mol. The Morgan fingerprint density at radius 3 is 2.52 bits per heavy atom. The van der Waals surface area contributed by atoms with E-state index < -0.39 is 0 Å². The molecule has 1 aromatic carbocycles. The molecule has 1 saturated heterocycles. The van der Waals surface area contributed by atoms with Crippen molar-refractivity contribution in [3.05, 3.63) is 47.3 Å². The van der Waals surface area contributed by atoms with Crippen molar-refractivity contribution < 1.29 is 14.3 Å². The lowest BCUT2D eigenvalue weighted by Crippen LogP contribution is -2.39. The van der Waals surface area contributed by atoms with Crippen molar-refractivity contribution in [1.82, 2.24) is 20.0 Å². The highest BCUT2D eigenvalue weighted by atomic mass is 16.5. The van der Waals surface area contributed by atoms with Crippen LogP contribution in [0.5, 0.6) is 5.75 Å². The molecule has 7 nitrogen and oxygen atoms in total. The minimum absolute atomic E-state index is 0.101. The average molecular weight is 399 g/mol. The second-order valence-corrected chi connectivity index (χ2v) is 7.52. The molecular formula is C22H30N4O3. The Labute approximate surface area is 172 Å². The summed E-state index contributed by atoms with van der Waals surface area (Å²) >= 11 is 0. The molecule has 0 aliphatic carbocycles. The molecule has 1 fully saturated rings. The number of aryl methyl sites for hydroxylation is 1. The maximum Gasteiger partial charge on any atom is 0.254 e. The monoisotopic (exact) mass is 398 g/mol. The number of nitrogens with zero attached hydrogens (tertiary/aromatic N) is 3. The normalized spacial score (nSPS) is 14.7. The van der Waals surface area contributed by atoms with Gasteiger partial charge in [0.05, 0.1) is 24.3 Å². The van der Waals surface area contributed by atoms with E-state index in [2.05, 4.69) is 10.4 Å². The van der Waals surface area contributed by atoms with Crippen LogP contribution in [0.1, 0.15) is 41.4 Å². The highest BCUT2D eigenvalue weighted by Gasteiger charge is 2.25. The van der Waals surface area contributed by atoms with Crippen molar-refractivity contribution >= 4 is 11.8 Å². The number of hydrogen-bond donors (Lipinski definition) is 1. The number of carbonyl (C=O) groups excluding carboxylic acids is 2. The second-order valence-electron chi connectivity index (χ2n) is 7.52. The number of benzene rings is 1. The summed E-state index contributed by atoms with van der Waals surface area (Å²) in [6.07, 6.45) is 4.81. The summed E-state index contributed by atoms with van der Waals surface area (Å²) in [7, 11) is 3.46.